The van der Waals surface area contributed by atoms with Gasteiger partial charge in [-0.25, -0.2) is 4.98 Å². The first-order chi connectivity index (χ1) is 12.4. The van der Waals surface area contributed by atoms with Crippen LogP contribution in [0, 0.1) is 0 Å². The summed E-state index contributed by atoms with van der Waals surface area (Å²) in [4.78, 5) is 4.34. The Morgan fingerprint density at radius 1 is 1.00 bits per heavy atom. The number of hydrogen-bond donors (Lipinski definition) is 1. The zero-order valence-corrected chi connectivity index (χ0v) is 16.6. The van der Waals surface area contributed by atoms with Crippen molar-refractivity contribution in [2.75, 3.05) is 7.11 Å². The number of ether oxygens (including phenoxy) is 1. The van der Waals surface area contributed by atoms with Crippen LogP contribution in [0.4, 0.5) is 0 Å². The fourth-order valence-electron chi connectivity index (χ4n) is 2.83. The van der Waals surface area contributed by atoms with Crippen LogP contribution in [0.3, 0.4) is 0 Å². The van der Waals surface area contributed by atoms with E-state index in [9.17, 15) is 5.11 Å². The summed E-state index contributed by atoms with van der Waals surface area (Å²) in [5.41, 5.74) is -0.974. The Morgan fingerprint density at radius 3 is 2.00 bits per heavy atom. The van der Waals surface area contributed by atoms with E-state index in [1.165, 1.54) is 0 Å². The van der Waals surface area contributed by atoms with Crippen LogP contribution in [0.2, 0.25) is 20.1 Å². The number of aliphatic hydroxyl groups is 1. The summed E-state index contributed by atoms with van der Waals surface area (Å²) in [6, 6.07) is 9.67. The lowest BCUT2D eigenvalue weighted by Gasteiger charge is -2.31. The predicted molar refractivity (Wildman–Crippen MR) is 104 cm³/mol. The third kappa shape index (κ3) is 3.46. The highest BCUT2D eigenvalue weighted by Gasteiger charge is 2.41. The summed E-state index contributed by atoms with van der Waals surface area (Å²) in [7, 11) is 1.55. The number of rotatable bonds is 5. The topological polar surface area (TPSA) is 47.3 Å². The number of halogens is 4. The predicted octanol–water partition coefficient (Wildman–Crippen LogP) is 5.38. The van der Waals surface area contributed by atoms with Gasteiger partial charge in [0.1, 0.15) is 6.73 Å². The van der Waals surface area contributed by atoms with E-state index in [1.54, 1.807) is 60.5 Å². The molecule has 0 aliphatic heterocycles. The van der Waals surface area contributed by atoms with E-state index in [4.69, 9.17) is 51.1 Å². The van der Waals surface area contributed by atoms with Crippen LogP contribution < -0.4 is 0 Å². The second-order valence-corrected chi connectivity index (χ2v) is 7.28. The minimum Gasteiger partial charge on any atom is -0.373 e. The Kier molecular flexibility index (Phi) is 5.82. The van der Waals surface area contributed by atoms with Gasteiger partial charge in [0.2, 0.25) is 0 Å². The molecular weight excluding hydrogens is 418 g/mol. The highest BCUT2D eigenvalue weighted by Crippen LogP contribution is 2.43. The minimum absolute atomic E-state index is 0.189. The number of benzene rings is 2. The molecule has 4 nitrogen and oxygen atoms in total. The number of imidazole rings is 1. The zero-order valence-electron chi connectivity index (χ0n) is 13.6. The molecule has 1 heterocycles. The Bertz CT molecular complexity index is 891. The Hall–Kier alpha value is -1.27. The van der Waals surface area contributed by atoms with Crippen molar-refractivity contribution in [3.05, 3.63) is 85.8 Å². The maximum absolute atomic E-state index is 11.9. The largest absolute Gasteiger partial charge is 0.373 e. The molecule has 1 N–H and O–H groups in total. The lowest BCUT2D eigenvalue weighted by Crippen LogP contribution is -2.33. The lowest BCUT2D eigenvalue weighted by atomic mass is 9.85. The highest BCUT2D eigenvalue weighted by molar-refractivity contribution is 6.36. The zero-order chi connectivity index (χ0) is 18.9. The molecule has 0 spiro atoms. The van der Waals surface area contributed by atoms with Crippen molar-refractivity contribution in [3.8, 4) is 0 Å². The van der Waals surface area contributed by atoms with Gasteiger partial charge in [0.05, 0.1) is 0 Å². The quantitative estimate of drug-likeness (QED) is 0.589. The van der Waals surface area contributed by atoms with Gasteiger partial charge in [-0.3, -0.25) is 0 Å². The molecule has 2 aromatic carbocycles. The number of nitrogens with zero attached hydrogens (tertiary/aromatic N) is 2. The van der Waals surface area contributed by atoms with E-state index in [2.05, 4.69) is 4.98 Å². The lowest BCUT2D eigenvalue weighted by molar-refractivity contribution is 0.0847. The van der Waals surface area contributed by atoms with Crippen LogP contribution in [0.5, 0.6) is 0 Å². The summed E-state index contributed by atoms with van der Waals surface area (Å²) in [5, 5.41) is 13.3. The molecule has 0 fully saturated rings. The van der Waals surface area contributed by atoms with E-state index in [0.29, 0.717) is 27.0 Å². The van der Waals surface area contributed by atoms with Gasteiger partial charge in [0.25, 0.3) is 0 Å². The molecule has 136 valence electrons. The fraction of sp³-hybridized carbons (Fsp3) is 0.167. The summed E-state index contributed by atoms with van der Waals surface area (Å²) in [5.74, 6) is 0.299. The van der Waals surface area contributed by atoms with Gasteiger partial charge < -0.3 is 14.4 Å². The van der Waals surface area contributed by atoms with Crippen molar-refractivity contribution in [2.24, 2.45) is 0 Å². The number of methoxy groups -OCH3 is 1. The minimum atomic E-state index is -1.74. The monoisotopic (exact) mass is 430 g/mol. The van der Waals surface area contributed by atoms with Crippen molar-refractivity contribution in [2.45, 2.75) is 12.3 Å². The summed E-state index contributed by atoms with van der Waals surface area (Å²) < 4.78 is 6.86. The van der Waals surface area contributed by atoms with Gasteiger partial charge in [-0.15, -0.1) is 0 Å². The van der Waals surface area contributed by atoms with E-state index in [0.717, 1.165) is 0 Å². The van der Waals surface area contributed by atoms with Gasteiger partial charge in [0, 0.05) is 50.7 Å². The summed E-state index contributed by atoms with van der Waals surface area (Å²) in [6.07, 6.45) is 3.25. The van der Waals surface area contributed by atoms with E-state index < -0.39 is 5.60 Å². The maximum Gasteiger partial charge on any atom is 0.176 e. The average Bonchev–Trinajstić information content (AvgIpc) is 3.03. The third-order valence-electron chi connectivity index (χ3n) is 3.95. The van der Waals surface area contributed by atoms with E-state index >= 15 is 0 Å². The van der Waals surface area contributed by atoms with Crippen LogP contribution in [-0.4, -0.2) is 21.8 Å². The van der Waals surface area contributed by atoms with Crippen molar-refractivity contribution >= 4 is 46.4 Å². The molecule has 0 atom stereocenters. The second kappa shape index (κ2) is 7.77. The van der Waals surface area contributed by atoms with Gasteiger partial charge >= 0.3 is 0 Å². The molecule has 0 radical (unpaired) electrons. The summed E-state index contributed by atoms with van der Waals surface area (Å²) >= 11 is 24.9. The molecule has 0 unspecified atom stereocenters. The van der Waals surface area contributed by atoms with E-state index in [1.807, 2.05) is 0 Å². The molecule has 0 bridgehead atoms. The molecule has 0 aliphatic rings. The van der Waals surface area contributed by atoms with E-state index in [-0.39, 0.29) is 16.8 Å². The second-order valence-electron chi connectivity index (χ2n) is 5.60. The van der Waals surface area contributed by atoms with Gasteiger partial charge in [-0.05, 0) is 24.3 Å². The molecular formula is C18H14Cl4N2O2. The standard InChI is InChI=1S/C18H14Cl4N2O2/c1-26-10-24-7-6-23-17(24)18(25,13-4-2-11(19)8-15(13)21)14-5-3-12(20)9-16(14)22/h2-9,25H,10H2,1H3. The van der Waals surface area contributed by atoms with Gasteiger partial charge in [-0.1, -0.05) is 58.5 Å². The Morgan fingerprint density at radius 2 is 1.54 bits per heavy atom. The normalized spacial score (nSPS) is 11.8. The van der Waals surface area contributed by atoms with Crippen molar-refractivity contribution in [3.63, 3.8) is 0 Å². The van der Waals surface area contributed by atoms with Crippen LogP contribution in [-0.2, 0) is 17.1 Å². The molecule has 0 saturated heterocycles. The Labute approximate surface area is 170 Å². The third-order valence-corrected chi connectivity index (χ3v) is 5.04. The molecule has 3 aromatic rings. The number of hydrogen-bond acceptors (Lipinski definition) is 3. The Balaban J connectivity index is 2.33. The smallest absolute Gasteiger partial charge is 0.176 e. The van der Waals surface area contributed by atoms with Crippen molar-refractivity contribution in [1.82, 2.24) is 9.55 Å². The molecule has 1 aromatic heterocycles. The first-order valence-corrected chi connectivity index (χ1v) is 9.03. The molecule has 3 rings (SSSR count). The number of aromatic nitrogens is 2. The SMILES string of the molecule is COCn1ccnc1C(O)(c1ccc(Cl)cc1Cl)c1ccc(Cl)cc1Cl. The molecule has 0 amide bonds. The van der Waals surface area contributed by atoms with Gasteiger partial charge in [-0.2, -0.15) is 0 Å². The fourth-order valence-corrected chi connectivity index (χ4v) is 3.92. The molecule has 8 heteroatoms. The van der Waals surface area contributed by atoms with Crippen LogP contribution in [0.25, 0.3) is 0 Å². The van der Waals surface area contributed by atoms with Crippen LogP contribution in [0.15, 0.2) is 48.8 Å². The first-order valence-electron chi connectivity index (χ1n) is 7.52. The van der Waals surface area contributed by atoms with Crippen LogP contribution in [0.1, 0.15) is 17.0 Å². The van der Waals surface area contributed by atoms with Crippen molar-refractivity contribution in [1.29, 1.82) is 0 Å². The average molecular weight is 432 g/mol. The highest BCUT2D eigenvalue weighted by atomic mass is 35.5. The van der Waals surface area contributed by atoms with Gasteiger partial charge in [0.15, 0.2) is 11.4 Å². The first kappa shape index (κ1) is 19.5. The maximum atomic E-state index is 11.9. The molecule has 0 aliphatic carbocycles. The molecule has 0 saturated carbocycles. The molecule has 26 heavy (non-hydrogen) atoms. The van der Waals surface area contributed by atoms with Crippen molar-refractivity contribution < 1.29 is 9.84 Å². The van der Waals surface area contributed by atoms with Crippen LogP contribution >= 0.6 is 46.4 Å². The summed E-state index contributed by atoms with van der Waals surface area (Å²) in [6.45, 7) is 0.189.